The molecule has 0 saturated carbocycles. The second-order valence-electron chi connectivity index (χ2n) is 4.66. The van der Waals surface area contributed by atoms with Gasteiger partial charge in [0.15, 0.2) is 0 Å². The van der Waals surface area contributed by atoms with Gasteiger partial charge in [-0.1, -0.05) is 20.8 Å². The maximum Gasteiger partial charge on any atom is 0.261 e. The van der Waals surface area contributed by atoms with Crippen LogP contribution in [0.4, 0.5) is 0 Å². The van der Waals surface area contributed by atoms with Crippen molar-refractivity contribution in [2.45, 2.75) is 39.7 Å². The molecule has 0 aromatic carbocycles. The third kappa shape index (κ3) is 4.48. The highest BCUT2D eigenvalue weighted by molar-refractivity contribution is 7.14. The molecule has 96 valence electrons. The molecule has 0 spiro atoms. The number of carbonyl (C=O) groups is 1. The molecule has 3 N–H and O–H groups in total. The van der Waals surface area contributed by atoms with Crippen molar-refractivity contribution in [3.63, 3.8) is 0 Å². The lowest BCUT2D eigenvalue weighted by molar-refractivity contribution is 0.0938. The van der Waals surface area contributed by atoms with Gasteiger partial charge in [0.1, 0.15) is 0 Å². The minimum atomic E-state index is 0.00537. The smallest absolute Gasteiger partial charge is 0.261 e. The summed E-state index contributed by atoms with van der Waals surface area (Å²) in [4.78, 5) is 14.0. The van der Waals surface area contributed by atoms with E-state index in [4.69, 9.17) is 5.73 Å². The van der Waals surface area contributed by atoms with Gasteiger partial charge < -0.3 is 11.1 Å². The van der Waals surface area contributed by atoms with E-state index in [1.165, 1.54) is 4.88 Å². The second kappa shape index (κ2) is 6.77. The van der Waals surface area contributed by atoms with E-state index in [1.807, 2.05) is 12.1 Å². The standard InChI is InChI=1S/C13H22N2OS/c1-4-11-5-6-12(17-11)13(16)15-10(8-14)7-9(2)3/h5-6,9-10H,4,7-8,14H2,1-3H3,(H,15,16). The first-order valence-corrected chi connectivity index (χ1v) is 6.98. The van der Waals surface area contributed by atoms with E-state index in [2.05, 4.69) is 26.1 Å². The summed E-state index contributed by atoms with van der Waals surface area (Å²) in [6.07, 6.45) is 1.90. The topological polar surface area (TPSA) is 55.1 Å². The van der Waals surface area contributed by atoms with Gasteiger partial charge in [0.2, 0.25) is 0 Å². The van der Waals surface area contributed by atoms with Crippen LogP contribution in [0.5, 0.6) is 0 Å². The van der Waals surface area contributed by atoms with Crippen molar-refractivity contribution < 1.29 is 4.79 Å². The lowest BCUT2D eigenvalue weighted by Gasteiger charge is -2.18. The first-order chi connectivity index (χ1) is 8.06. The largest absolute Gasteiger partial charge is 0.347 e. The number of nitrogens with one attached hydrogen (secondary N) is 1. The molecule has 1 atom stereocenters. The highest BCUT2D eigenvalue weighted by Crippen LogP contribution is 2.17. The summed E-state index contributed by atoms with van der Waals surface area (Å²) >= 11 is 1.56. The molecule has 1 heterocycles. The van der Waals surface area contributed by atoms with Crippen molar-refractivity contribution in [2.75, 3.05) is 6.54 Å². The van der Waals surface area contributed by atoms with E-state index >= 15 is 0 Å². The van der Waals surface area contributed by atoms with Gasteiger partial charge >= 0.3 is 0 Å². The van der Waals surface area contributed by atoms with Gasteiger partial charge in [0.05, 0.1) is 4.88 Å². The van der Waals surface area contributed by atoms with Crippen LogP contribution in [-0.2, 0) is 6.42 Å². The molecule has 1 rings (SSSR count). The number of thiophene rings is 1. The molecule has 0 saturated heterocycles. The molecule has 1 amide bonds. The molecule has 0 bridgehead atoms. The molecule has 17 heavy (non-hydrogen) atoms. The first-order valence-electron chi connectivity index (χ1n) is 6.16. The molecule has 0 aliphatic rings. The number of nitrogens with two attached hydrogens (primary N) is 1. The summed E-state index contributed by atoms with van der Waals surface area (Å²) in [5.74, 6) is 0.546. The number of hydrogen-bond acceptors (Lipinski definition) is 3. The molecule has 0 aliphatic carbocycles. The van der Waals surface area contributed by atoms with E-state index < -0.39 is 0 Å². The molecule has 1 aromatic heterocycles. The lowest BCUT2D eigenvalue weighted by Crippen LogP contribution is -2.40. The average molecular weight is 254 g/mol. The van der Waals surface area contributed by atoms with Crippen molar-refractivity contribution >= 4 is 17.2 Å². The highest BCUT2D eigenvalue weighted by Gasteiger charge is 2.15. The van der Waals surface area contributed by atoms with E-state index in [0.29, 0.717) is 12.5 Å². The third-order valence-electron chi connectivity index (χ3n) is 2.61. The minimum Gasteiger partial charge on any atom is -0.347 e. The van der Waals surface area contributed by atoms with Crippen LogP contribution in [0.15, 0.2) is 12.1 Å². The Hall–Kier alpha value is -0.870. The van der Waals surface area contributed by atoms with Crippen LogP contribution in [0.25, 0.3) is 0 Å². The summed E-state index contributed by atoms with van der Waals surface area (Å²) in [6.45, 7) is 6.86. The molecule has 0 aliphatic heterocycles. The molecule has 0 fully saturated rings. The van der Waals surface area contributed by atoms with E-state index in [0.717, 1.165) is 17.7 Å². The van der Waals surface area contributed by atoms with Gasteiger partial charge in [-0.15, -0.1) is 11.3 Å². The number of rotatable bonds is 6. The Balaban J connectivity index is 2.57. The monoisotopic (exact) mass is 254 g/mol. The minimum absolute atomic E-state index is 0.00537. The van der Waals surface area contributed by atoms with E-state index in [9.17, 15) is 4.79 Å². The summed E-state index contributed by atoms with van der Waals surface area (Å²) in [7, 11) is 0. The maximum atomic E-state index is 12.0. The van der Waals surface area contributed by atoms with Crippen molar-refractivity contribution in [3.8, 4) is 0 Å². The second-order valence-corrected chi connectivity index (χ2v) is 5.82. The zero-order chi connectivity index (χ0) is 12.8. The third-order valence-corrected chi connectivity index (χ3v) is 3.84. The Morgan fingerprint density at radius 2 is 2.18 bits per heavy atom. The molecular weight excluding hydrogens is 232 g/mol. The number of hydrogen-bond donors (Lipinski definition) is 2. The fourth-order valence-electron chi connectivity index (χ4n) is 1.73. The number of carbonyl (C=O) groups excluding carboxylic acids is 1. The Bertz CT molecular complexity index is 360. The van der Waals surface area contributed by atoms with Crippen molar-refractivity contribution in [1.82, 2.24) is 5.32 Å². The quantitative estimate of drug-likeness (QED) is 0.819. The fourth-order valence-corrected chi connectivity index (χ4v) is 2.58. The van der Waals surface area contributed by atoms with Crippen molar-refractivity contribution in [2.24, 2.45) is 11.7 Å². The molecular formula is C13H22N2OS. The summed E-state index contributed by atoms with van der Waals surface area (Å²) in [5, 5.41) is 3.00. The SMILES string of the molecule is CCc1ccc(C(=O)NC(CN)CC(C)C)s1. The first kappa shape index (κ1) is 14.2. The Kier molecular flexibility index (Phi) is 5.65. The summed E-state index contributed by atoms with van der Waals surface area (Å²) in [5.41, 5.74) is 5.67. The van der Waals surface area contributed by atoms with Crippen molar-refractivity contribution in [1.29, 1.82) is 0 Å². The Morgan fingerprint density at radius 1 is 1.47 bits per heavy atom. The van der Waals surface area contributed by atoms with Crippen LogP contribution in [0.3, 0.4) is 0 Å². The summed E-state index contributed by atoms with van der Waals surface area (Å²) < 4.78 is 0. The number of amides is 1. The van der Waals surface area contributed by atoms with Crippen LogP contribution in [-0.4, -0.2) is 18.5 Å². The van der Waals surface area contributed by atoms with Crippen LogP contribution in [0.1, 0.15) is 41.7 Å². The molecule has 4 heteroatoms. The van der Waals surface area contributed by atoms with E-state index in [1.54, 1.807) is 11.3 Å². The van der Waals surface area contributed by atoms with Gasteiger partial charge in [0.25, 0.3) is 5.91 Å². The maximum absolute atomic E-state index is 12.0. The zero-order valence-electron chi connectivity index (χ0n) is 10.8. The normalized spacial score (nSPS) is 12.8. The zero-order valence-corrected chi connectivity index (χ0v) is 11.6. The van der Waals surface area contributed by atoms with Crippen LogP contribution in [0, 0.1) is 5.92 Å². The highest BCUT2D eigenvalue weighted by atomic mass is 32.1. The van der Waals surface area contributed by atoms with Gasteiger partial charge in [-0.3, -0.25) is 4.79 Å². The molecule has 1 unspecified atom stereocenters. The van der Waals surface area contributed by atoms with Gasteiger partial charge in [-0.25, -0.2) is 0 Å². The van der Waals surface area contributed by atoms with Crippen LogP contribution < -0.4 is 11.1 Å². The van der Waals surface area contributed by atoms with Crippen molar-refractivity contribution in [3.05, 3.63) is 21.9 Å². The average Bonchev–Trinajstić information content (AvgIpc) is 2.75. The Morgan fingerprint density at radius 3 is 2.65 bits per heavy atom. The Labute approximate surface area is 107 Å². The predicted molar refractivity (Wildman–Crippen MR) is 73.5 cm³/mol. The fraction of sp³-hybridized carbons (Fsp3) is 0.615. The molecule has 3 nitrogen and oxygen atoms in total. The molecule has 1 aromatic rings. The van der Waals surface area contributed by atoms with Gasteiger partial charge in [0, 0.05) is 17.5 Å². The lowest BCUT2D eigenvalue weighted by atomic mass is 10.0. The van der Waals surface area contributed by atoms with E-state index in [-0.39, 0.29) is 11.9 Å². The van der Waals surface area contributed by atoms with Crippen LogP contribution >= 0.6 is 11.3 Å². The van der Waals surface area contributed by atoms with Crippen LogP contribution in [0.2, 0.25) is 0 Å². The molecule has 0 radical (unpaired) electrons. The summed E-state index contributed by atoms with van der Waals surface area (Å²) in [6, 6.07) is 3.98. The van der Waals surface area contributed by atoms with Gasteiger partial charge in [-0.2, -0.15) is 0 Å². The number of aryl methyl sites for hydroxylation is 1. The van der Waals surface area contributed by atoms with Gasteiger partial charge in [-0.05, 0) is 30.9 Å². The predicted octanol–water partition coefficient (Wildman–Crippen LogP) is 2.41.